The molecule has 0 fully saturated rings. The molecule has 0 saturated carbocycles. The van der Waals surface area contributed by atoms with Gasteiger partial charge in [-0.25, -0.2) is 4.99 Å². The molecule has 0 radical (unpaired) electrons. The van der Waals surface area contributed by atoms with Crippen molar-refractivity contribution in [2.24, 2.45) is 10.1 Å². The Bertz CT molecular complexity index is 326. The monoisotopic (exact) mass is 210 g/mol. The first-order valence-electron chi connectivity index (χ1n) is 4.73. The van der Waals surface area contributed by atoms with E-state index in [2.05, 4.69) is 23.7 Å². The second-order valence-corrected chi connectivity index (χ2v) is 4.22. The summed E-state index contributed by atoms with van der Waals surface area (Å²) in [6.07, 6.45) is 3.03. The summed E-state index contributed by atoms with van der Waals surface area (Å²) in [5.74, 6) is 0. The first-order valence-corrected chi connectivity index (χ1v) is 5.55. The van der Waals surface area contributed by atoms with E-state index < -0.39 is 0 Å². The summed E-state index contributed by atoms with van der Waals surface area (Å²) in [5, 5.41) is 6.38. The Morgan fingerprint density at radius 2 is 2.36 bits per heavy atom. The molecule has 0 saturated heterocycles. The zero-order chi connectivity index (χ0) is 10.6. The van der Waals surface area contributed by atoms with Crippen LogP contribution in [-0.4, -0.2) is 28.0 Å². The number of allylic oxidation sites excluding steroid dienone is 1. The maximum Gasteiger partial charge on any atom is 0.195 e. The van der Waals surface area contributed by atoms with E-state index in [9.17, 15) is 0 Å². The molecule has 0 aromatic carbocycles. The van der Waals surface area contributed by atoms with Crippen LogP contribution in [0.3, 0.4) is 0 Å². The lowest BCUT2D eigenvalue weighted by Gasteiger charge is -1.93. The second-order valence-electron chi connectivity index (χ2n) is 3.04. The molecule has 0 unspecified atom stereocenters. The van der Waals surface area contributed by atoms with Crippen LogP contribution in [0.15, 0.2) is 21.9 Å². The van der Waals surface area contributed by atoms with E-state index in [0.717, 1.165) is 28.8 Å². The minimum absolute atomic E-state index is 0.875. The predicted octanol–water partition coefficient (Wildman–Crippen LogP) is 2.49. The Morgan fingerprint density at radius 3 is 2.93 bits per heavy atom. The molecular weight excluding hydrogens is 194 g/mol. The smallest absolute Gasteiger partial charge is 0.195 e. The Balaban J connectivity index is 2.76. The summed E-state index contributed by atoms with van der Waals surface area (Å²) in [5.41, 5.74) is 0.956. The molecule has 0 amide bonds. The molecule has 0 aliphatic carbocycles. The number of rotatable bonds is 3. The van der Waals surface area contributed by atoms with Crippen LogP contribution in [0, 0.1) is 0 Å². The molecule has 76 valence electrons. The molecule has 0 N–H and O–H groups in total. The van der Waals surface area contributed by atoms with Gasteiger partial charge in [-0.2, -0.15) is 0 Å². The van der Waals surface area contributed by atoms with Gasteiger partial charge in [0.15, 0.2) is 18.3 Å². The van der Waals surface area contributed by atoms with Crippen LogP contribution in [0.1, 0.15) is 27.2 Å². The van der Waals surface area contributed by atoms with Gasteiger partial charge in [-0.05, 0) is 25.6 Å². The van der Waals surface area contributed by atoms with Crippen molar-refractivity contribution in [1.82, 2.24) is 0 Å². The zero-order valence-corrected chi connectivity index (χ0v) is 9.77. The molecule has 1 heterocycles. The van der Waals surface area contributed by atoms with Crippen LogP contribution < -0.4 is 0 Å². The van der Waals surface area contributed by atoms with Crippen LogP contribution in [0.5, 0.6) is 0 Å². The Labute approximate surface area is 89.3 Å². The van der Waals surface area contributed by atoms with Crippen molar-refractivity contribution in [3.63, 3.8) is 0 Å². The van der Waals surface area contributed by atoms with Gasteiger partial charge in [-0.15, -0.1) is 0 Å². The fourth-order valence-electron chi connectivity index (χ4n) is 1.13. The maximum absolute atomic E-state index is 4.39. The molecule has 1 aliphatic rings. The molecule has 1 rings (SSSR count). The number of hydrazone groups is 1. The minimum Gasteiger partial charge on any atom is -0.244 e. The Morgan fingerprint density at radius 1 is 1.64 bits per heavy atom. The van der Waals surface area contributed by atoms with Gasteiger partial charge in [0.05, 0.1) is 10.7 Å². The third-order valence-corrected chi connectivity index (χ3v) is 2.60. The van der Waals surface area contributed by atoms with Crippen LogP contribution >= 0.6 is 11.8 Å². The highest BCUT2D eigenvalue weighted by Gasteiger charge is 2.19. The summed E-state index contributed by atoms with van der Waals surface area (Å²) in [4.78, 5) is 4.36. The van der Waals surface area contributed by atoms with E-state index >= 15 is 0 Å². The number of thioether (sulfide) groups is 1. The molecule has 4 heteroatoms. The highest BCUT2D eigenvalue weighted by atomic mass is 32.2. The summed E-state index contributed by atoms with van der Waals surface area (Å²) in [7, 11) is 0. The number of nitrogens with zero attached hydrogens (tertiary/aromatic N) is 3. The summed E-state index contributed by atoms with van der Waals surface area (Å²) >= 11 is 1.60. The molecule has 0 aromatic rings. The molecule has 14 heavy (non-hydrogen) atoms. The van der Waals surface area contributed by atoms with Gasteiger partial charge >= 0.3 is 0 Å². The maximum atomic E-state index is 4.39. The standard InChI is InChI=1S/C10H16N3S/c1-5-7-13(4)12-10-9(6-2)11-8(3)14-10/h6H,4-5,7H2,1-3H3/q+1. The van der Waals surface area contributed by atoms with Crippen LogP contribution in [0.2, 0.25) is 0 Å². The van der Waals surface area contributed by atoms with Crippen LogP contribution in [0.25, 0.3) is 0 Å². The molecule has 0 atom stereocenters. The van der Waals surface area contributed by atoms with Crippen LogP contribution in [0.4, 0.5) is 0 Å². The largest absolute Gasteiger partial charge is 0.244 e. The van der Waals surface area contributed by atoms with Crippen molar-refractivity contribution >= 4 is 28.6 Å². The lowest BCUT2D eigenvalue weighted by Crippen LogP contribution is -2.06. The van der Waals surface area contributed by atoms with Gasteiger partial charge in [0.2, 0.25) is 0 Å². The van der Waals surface area contributed by atoms with Gasteiger partial charge in [0, 0.05) is 11.5 Å². The van der Waals surface area contributed by atoms with E-state index in [1.807, 2.05) is 19.9 Å². The molecular formula is C10H16N3S+. The van der Waals surface area contributed by atoms with E-state index in [1.54, 1.807) is 16.4 Å². The van der Waals surface area contributed by atoms with Gasteiger partial charge in [-0.3, -0.25) is 0 Å². The lowest BCUT2D eigenvalue weighted by molar-refractivity contribution is -0.524. The fourth-order valence-corrected chi connectivity index (χ4v) is 1.98. The Kier molecular flexibility index (Phi) is 4.07. The van der Waals surface area contributed by atoms with Gasteiger partial charge < -0.3 is 0 Å². The van der Waals surface area contributed by atoms with Crippen molar-refractivity contribution in [1.29, 1.82) is 0 Å². The SMILES string of the molecule is C=[N+](CCC)N=C1SC(C)=NC1=CC. The molecule has 0 spiro atoms. The average Bonchev–Trinajstić information content (AvgIpc) is 2.46. The molecule has 0 bridgehead atoms. The van der Waals surface area contributed by atoms with Gasteiger partial charge in [0.25, 0.3) is 0 Å². The quantitative estimate of drug-likeness (QED) is 0.399. The highest BCUT2D eigenvalue weighted by molar-refractivity contribution is 8.27. The van der Waals surface area contributed by atoms with E-state index in [0.29, 0.717) is 0 Å². The number of aliphatic imine (C=N–C) groups is 1. The van der Waals surface area contributed by atoms with E-state index in [1.165, 1.54) is 0 Å². The highest BCUT2D eigenvalue weighted by Crippen LogP contribution is 2.24. The minimum atomic E-state index is 0.875. The Hall–Kier alpha value is -0.900. The number of hydrogen-bond acceptors (Lipinski definition) is 3. The van der Waals surface area contributed by atoms with Crippen LogP contribution in [-0.2, 0) is 0 Å². The van der Waals surface area contributed by atoms with Crippen molar-refractivity contribution < 1.29 is 4.68 Å². The summed E-state index contributed by atoms with van der Waals surface area (Å²) in [6, 6.07) is 0. The first-order chi connectivity index (χ1) is 6.67. The van der Waals surface area contributed by atoms with Gasteiger partial charge in [-0.1, -0.05) is 17.7 Å². The summed E-state index contributed by atoms with van der Waals surface area (Å²) < 4.78 is 1.72. The van der Waals surface area contributed by atoms with E-state index in [-0.39, 0.29) is 0 Å². The second kappa shape index (κ2) is 5.10. The van der Waals surface area contributed by atoms with Crippen molar-refractivity contribution in [2.75, 3.05) is 6.54 Å². The molecule has 1 aliphatic heterocycles. The normalized spacial score (nSPS) is 21.8. The van der Waals surface area contributed by atoms with Crippen molar-refractivity contribution in [2.45, 2.75) is 27.2 Å². The topological polar surface area (TPSA) is 27.7 Å². The van der Waals surface area contributed by atoms with Crippen molar-refractivity contribution in [3.8, 4) is 0 Å². The summed E-state index contributed by atoms with van der Waals surface area (Å²) in [6.45, 7) is 10.8. The predicted molar refractivity (Wildman–Crippen MR) is 64.4 cm³/mol. The average molecular weight is 210 g/mol. The lowest BCUT2D eigenvalue weighted by atomic mass is 10.4. The number of hydrogen-bond donors (Lipinski definition) is 0. The molecule has 3 nitrogen and oxygen atoms in total. The van der Waals surface area contributed by atoms with Gasteiger partial charge in [0.1, 0.15) is 0 Å². The van der Waals surface area contributed by atoms with Crippen molar-refractivity contribution in [3.05, 3.63) is 11.8 Å². The fraction of sp³-hybridized carbons (Fsp3) is 0.500. The van der Waals surface area contributed by atoms with E-state index in [4.69, 9.17) is 0 Å². The third-order valence-electron chi connectivity index (χ3n) is 1.73. The zero-order valence-electron chi connectivity index (χ0n) is 8.95. The third kappa shape index (κ3) is 2.80. The molecule has 0 aromatic heterocycles. The first kappa shape index (κ1) is 11.2.